The molecule has 3 rings (SSSR count). The van der Waals surface area contributed by atoms with Crippen molar-refractivity contribution in [2.75, 3.05) is 27.9 Å². The van der Waals surface area contributed by atoms with E-state index in [2.05, 4.69) is 10.3 Å². The normalized spacial score (nSPS) is 10.5. The second-order valence-electron chi connectivity index (χ2n) is 6.49. The van der Waals surface area contributed by atoms with Crippen LogP contribution in [-0.4, -0.2) is 44.8 Å². The van der Waals surface area contributed by atoms with Crippen molar-refractivity contribution in [1.82, 2.24) is 10.3 Å². The highest BCUT2D eigenvalue weighted by atomic mass is 16.5. The van der Waals surface area contributed by atoms with Gasteiger partial charge in [0.15, 0.2) is 18.1 Å². The third kappa shape index (κ3) is 4.83. The van der Waals surface area contributed by atoms with Crippen LogP contribution >= 0.6 is 0 Å². The topological polar surface area (TPSA) is 98.9 Å². The van der Waals surface area contributed by atoms with Crippen molar-refractivity contribution in [2.45, 2.75) is 13.0 Å². The van der Waals surface area contributed by atoms with Crippen LogP contribution in [0.25, 0.3) is 10.9 Å². The van der Waals surface area contributed by atoms with E-state index in [9.17, 15) is 9.59 Å². The van der Waals surface area contributed by atoms with Crippen molar-refractivity contribution >= 4 is 22.8 Å². The highest BCUT2D eigenvalue weighted by molar-refractivity contribution is 5.88. The maximum absolute atomic E-state index is 12.1. The van der Waals surface area contributed by atoms with E-state index in [1.54, 1.807) is 18.3 Å². The Morgan fingerprint density at radius 1 is 0.933 bits per heavy atom. The zero-order valence-corrected chi connectivity index (χ0v) is 17.1. The number of benzene rings is 2. The first-order valence-corrected chi connectivity index (χ1v) is 9.32. The summed E-state index contributed by atoms with van der Waals surface area (Å²) in [6, 6.07) is 11.1. The molecule has 0 spiro atoms. The minimum atomic E-state index is -0.474. The lowest BCUT2D eigenvalue weighted by Crippen LogP contribution is -2.28. The molecular weight excluding hydrogens is 388 g/mol. The first kappa shape index (κ1) is 21.0. The van der Waals surface area contributed by atoms with Gasteiger partial charge in [-0.1, -0.05) is 18.2 Å². The molecule has 0 bridgehead atoms. The number of methoxy groups -OCH3 is 3. The minimum Gasteiger partial charge on any atom is -0.496 e. The molecular formula is C22H24N2O6. The lowest BCUT2D eigenvalue weighted by atomic mass is 10.1. The Balaban J connectivity index is 1.53. The number of rotatable bonds is 9. The van der Waals surface area contributed by atoms with Gasteiger partial charge in [-0.3, -0.25) is 9.59 Å². The fourth-order valence-electron chi connectivity index (χ4n) is 3.11. The molecule has 1 amide bonds. The minimum absolute atomic E-state index is 0.0841. The van der Waals surface area contributed by atoms with Gasteiger partial charge in [0.05, 0.1) is 27.8 Å². The number of ether oxygens (including phenoxy) is 4. The average molecular weight is 412 g/mol. The summed E-state index contributed by atoms with van der Waals surface area (Å²) in [5, 5.41) is 3.67. The molecule has 2 N–H and O–H groups in total. The van der Waals surface area contributed by atoms with E-state index in [-0.39, 0.29) is 19.6 Å². The quantitative estimate of drug-likeness (QED) is 0.524. The monoisotopic (exact) mass is 412 g/mol. The number of carbonyl (C=O) groups excluding carboxylic acids is 2. The summed E-state index contributed by atoms with van der Waals surface area (Å²) in [5.74, 6) is 0.699. The Morgan fingerprint density at radius 2 is 1.63 bits per heavy atom. The molecule has 2 aromatic carbocycles. The van der Waals surface area contributed by atoms with E-state index in [0.717, 1.165) is 16.5 Å². The van der Waals surface area contributed by atoms with Gasteiger partial charge in [0, 0.05) is 35.3 Å². The number of para-hydroxylation sites is 1. The lowest BCUT2D eigenvalue weighted by molar-refractivity contribution is -0.147. The second-order valence-corrected chi connectivity index (χ2v) is 6.49. The van der Waals surface area contributed by atoms with E-state index in [1.165, 1.54) is 21.3 Å². The van der Waals surface area contributed by atoms with Gasteiger partial charge >= 0.3 is 5.97 Å². The van der Waals surface area contributed by atoms with Gasteiger partial charge in [-0.15, -0.1) is 0 Å². The fourth-order valence-corrected chi connectivity index (χ4v) is 3.11. The second kappa shape index (κ2) is 9.69. The number of esters is 1. The lowest BCUT2D eigenvalue weighted by Gasteiger charge is -2.14. The van der Waals surface area contributed by atoms with Crippen LogP contribution in [0.1, 0.15) is 11.1 Å². The Labute approximate surface area is 174 Å². The van der Waals surface area contributed by atoms with Crippen LogP contribution in [0.4, 0.5) is 0 Å². The van der Waals surface area contributed by atoms with Crippen molar-refractivity contribution in [1.29, 1.82) is 0 Å². The zero-order valence-electron chi connectivity index (χ0n) is 17.1. The van der Waals surface area contributed by atoms with Gasteiger partial charge < -0.3 is 29.2 Å². The molecule has 0 fully saturated rings. The highest BCUT2D eigenvalue weighted by Gasteiger charge is 2.14. The molecule has 0 radical (unpaired) electrons. The van der Waals surface area contributed by atoms with Gasteiger partial charge in [0.25, 0.3) is 5.91 Å². The molecule has 0 unspecified atom stereocenters. The SMILES string of the molecule is COc1cc(OC)c(OC)cc1CNC(=O)COC(=O)Cc1c[nH]c2ccccc12. The van der Waals surface area contributed by atoms with Gasteiger partial charge in [0.1, 0.15) is 5.75 Å². The Bertz CT molecular complexity index is 1040. The summed E-state index contributed by atoms with van der Waals surface area (Å²) in [4.78, 5) is 27.3. The van der Waals surface area contributed by atoms with E-state index in [4.69, 9.17) is 18.9 Å². The van der Waals surface area contributed by atoms with Crippen LogP contribution in [0.15, 0.2) is 42.6 Å². The third-order valence-electron chi connectivity index (χ3n) is 4.64. The molecule has 158 valence electrons. The predicted molar refractivity (Wildman–Crippen MR) is 111 cm³/mol. The van der Waals surface area contributed by atoms with Gasteiger partial charge in [-0.25, -0.2) is 0 Å². The zero-order chi connectivity index (χ0) is 21.5. The largest absolute Gasteiger partial charge is 0.496 e. The predicted octanol–water partition coefficient (Wildman–Crippen LogP) is 2.60. The average Bonchev–Trinajstić information content (AvgIpc) is 3.18. The summed E-state index contributed by atoms with van der Waals surface area (Å²) < 4.78 is 21.0. The van der Waals surface area contributed by atoms with Crippen LogP contribution < -0.4 is 19.5 Å². The number of fused-ring (bicyclic) bond motifs is 1. The fraction of sp³-hybridized carbons (Fsp3) is 0.273. The van der Waals surface area contributed by atoms with E-state index >= 15 is 0 Å². The van der Waals surface area contributed by atoms with Crippen LogP contribution in [0.5, 0.6) is 17.2 Å². The van der Waals surface area contributed by atoms with Crippen LogP contribution in [0.3, 0.4) is 0 Å². The number of hydrogen-bond donors (Lipinski definition) is 2. The molecule has 1 heterocycles. The molecule has 8 heteroatoms. The smallest absolute Gasteiger partial charge is 0.310 e. The van der Waals surface area contributed by atoms with Crippen molar-refractivity contribution in [3.8, 4) is 17.2 Å². The molecule has 30 heavy (non-hydrogen) atoms. The van der Waals surface area contributed by atoms with Crippen LogP contribution in [-0.2, 0) is 27.3 Å². The molecule has 1 aromatic heterocycles. The molecule has 0 saturated heterocycles. The summed E-state index contributed by atoms with van der Waals surface area (Å²) in [6.07, 6.45) is 1.86. The number of amides is 1. The Morgan fingerprint density at radius 3 is 2.37 bits per heavy atom. The number of aromatic nitrogens is 1. The molecule has 0 aliphatic rings. The molecule has 0 saturated carbocycles. The Hall–Kier alpha value is -3.68. The number of H-pyrrole nitrogens is 1. The Kier molecular flexibility index (Phi) is 6.79. The molecule has 3 aromatic rings. The van der Waals surface area contributed by atoms with E-state index in [0.29, 0.717) is 22.8 Å². The van der Waals surface area contributed by atoms with Crippen molar-refractivity contribution < 1.29 is 28.5 Å². The highest BCUT2D eigenvalue weighted by Crippen LogP contribution is 2.34. The first-order chi connectivity index (χ1) is 14.5. The van der Waals surface area contributed by atoms with Gasteiger partial charge in [0.2, 0.25) is 0 Å². The maximum atomic E-state index is 12.1. The molecule has 0 atom stereocenters. The first-order valence-electron chi connectivity index (χ1n) is 9.32. The molecule has 8 nitrogen and oxygen atoms in total. The van der Waals surface area contributed by atoms with Crippen molar-refractivity contribution in [3.05, 3.63) is 53.7 Å². The maximum Gasteiger partial charge on any atom is 0.310 e. The standard InChI is InChI=1S/C22H24N2O6/c1-27-18-10-20(29-3)19(28-2)8-15(18)12-24-21(25)13-30-22(26)9-14-11-23-17-7-5-4-6-16(14)17/h4-8,10-11,23H,9,12-13H2,1-3H3,(H,24,25). The number of carbonyl (C=O) groups is 2. The summed E-state index contributed by atoms with van der Waals surface area (Å²) in [5.41, 5.74) is 2.47. The van der Waals surface area contributed by atoms with Crippen LogP contribution in [0, 0.1) is 0 Å². The molecule has 0 aliphatic carbocycles. The summed E-state index contributed by atoms with van der Waals surface area (Å²) in [7, 11) is 4.59. The van der Waals surface area contributed by atoms with E-state index in [1.807, 2.05) is 24.3 Å². The third-order valence-corrected chi connectivity index (χ3v) is 4.64. The van der Waals surface area contributed by atoms with Crippen molar-refractivity contribution in [3.63, 3.8) is 0 Å². The van der Waals surface area contributed by atoms with Crippen molar-refractivity contribution in [2.24, 2.45) is 0 Å². The number of nitrogens with one attached hydrogen (secondary N) is 2. The van der Waals surface area contributed by atoms with Gasteiger partial charge in [-0.2, -0.15) is 0 Å². The van der Waals surface area contributed by atoms with Crippen LogP contribution in [0.2, 0.25) is 0 Å². The number of hydrogen-bond acceptors (Lipinski definition) is 6. The number of aromatic amines is 1. The van der Waals surface area contributed by atoms with Gasteiger partial charge in [-0.05, 0) is 17.7 Å². The van der Waals surface area contributed by atoms with E-state index < -0.39 is 11.9 Å². The molecule has 0 aliphatic heterocycles. The summed E-state index contributed by atoms with van der Waals surface area (Å²) >= 11 is 0. The summed E-state index contributed by atoms with van der Waals surface area (Å²) in [6.45, 7) is -0.181.